The van der Waals surface area contributed by atoms with Crippen LogP contribution in [0.1, 0.15) is 26.2 Å². The van der Waals surface area contributed by atoms with E-state index in [1.807, 2.05) is 6.92 Å². The van der Waals surface area contributed by atoms with Crippen molar-refractivity contribution in [3.05, 3.63) is 22.2 Å². The molecule has 6 heteroatoms. The zero-order chi connectivity index (χ0) is 14.6. The fraction of sp³-hybridized carbons (Fsp3) is 0.667. The van der Waals surface area contributed by atoms with Gasteiger partial charge in [0.25, 0.3) is 5.69 Å². The topological polar surface area (TPSA) is 80.1 Å². The zero-order valence-corrected chi connectivity index (χ0v) is 12.1. The Morgan fingerprint density at radius 1 is 1.29 bits per heavy atom. The predicted molar refractivity (Wildman–Crippen MR) is 80.3 cm³/mol. The summed E-state index contributed by atoms with van der Waals surface area (Å²) in [4.78, 5) is 15.1. The predicted octanol–water partition coefficient (Wildman–Crippen LogP) is 2.88. The van der Waals surface area contributed by atoms with Crippen LogP contribution < -0.4 is 10.6 Å². The summed E-state index contributed by atoms with van der Waals surface area (Å²) in [5.74, 6) is 4.54. The highest BCUT2D eigenvalue weighted by molar-refractivity contribution is 5.56. The van der Waals surface area contributed by atoms with Gasteiger partial charge < -0.3 is 10.6 Å². The van der Waals surface area contributed by atoms with Gasteiger partial charge in [-0.2, -0.15) is 0 Å². The second-order valence-corrected chi connectivity index (χ2v) is 6.54. The van der Waals surface area contributed by atoms with Crippen LogP contribution in [-0.2, 0) is 0 Å². The lowest BCUT2D eigenvalue weighted by Crippen LogP contribution is -2.14. The van der Waals surface area contributed by atoms with Gasteiger partial charge in [0, 0.05) is 12.6 Å². The summed E-state index contributed by atoms with van der Waals surface area (Å²) in [5, 5.41) is 17.6. The van der Waals surface area contributed by atoms with Crippen molar-refractivity contribution in [3.8, 4) is 0 Å². The van der Waals surface area contributed by atoms with Gasteiger partial charge >= 0.3 is 0 Å². The lowest BCUT2D eigenvalue weighted by molar-refractivity contribution is -0.384. The number of fused-ring (bicyclic) bond motifs is 5. The van der Waals surface area contributed by atoms with E-state index in [2.05, 4.69) is 15.6 Å². The summed E-state index contributed by atoms with van der Waals surface area (Å²) >= 11 is 0. The van der Waals surface area contributed by atoms with Crippen LogP contribution in [0.25, 0.3) is 0 Å². The first-order valence-electron chi connectivity index (χ1n) is 7.84. The van der Waals surface area contributed by atoms with Gasteiger partial charge in [-0.1, -0.05) is 0 Å². The summed E-state index contributed by atoms with van der Waals surface area (Å²) in [6.07, 6.45) is 4.14. The Morgan fingerprint density at radius 2 is 1.95 bits per heavy atom. The van der Waals surface area contributed by atoms with E-state index in [1.54, 1.807) is 6.07 Å². The molecule has 0 spiro atoms. The van der Waals surface area contributed by atoms with Crippen molar-refractivity contribution in [1.82, 2.24) is 4.98 Å². The van der Waals surface area contributed by atoms with Gasteiger partial charge in [0.05, 0.1) is 17.1 Å². The third-order valence-corrected chi connectivity index (χ3v) is 5.43. The molecule has 0 aliphatic heterocycles. The average molecular weight is 288 g/mol. The molecule has 2 N–H and O–H groups in total. The lowest BCUT2D eigenvalue weighted by atomic mass is 10.0. The van der Waals surface area contributed by atoms with Crippen molar-refractivity contribution in [1.29, 1.82) is 0 Å². The Labute approximate surface area is 123 Å². The first-order valence-corrected chi connectivity index (χ1v) is 7.84. The van der Waals surface area contributed by atoms with E-state index < -0.39 is 0 Å². The molecule has 3 aliphatic carbocycles. The monoisotopic (exact) mass is 288 g/mol. The molecule has 1 heterocycles. The molecule has 6 nitrogen and oxygen atoms in total. The highest BCUT2D eigenvalue weighted by atomic mass is 16.6. The first-order chi connectivity index (χ1) is 10.2. The Balaban J connectivity index is 1.53. The second-order valence-electron chi connectivity index (χ2n) is 6.54. The van der Waals surface area contributed by atoms with Gasteiger partial charge in [-0.05, 0) is 49.9 Å². The number of hydrogen-bond donors (Lipinski definition) is 2. The SMILES string of the molecule is CCNc1cc([N+](=O)[O-])cc(NC2C3C4CCC(C4)C23)n1. The van der Waals surface area contributed by atoms with Gasteiger partial charge in [-0.25, -0.2) is 4.98 Å². The fourth-order valence-electron chi connectivity index (χ4n) is 4.66. The number of nitrogens with zero attached hydrogens (tertiary/aromatic N) is 2. The maximum Gasteiger partial charge on any atom is 0.276 e. The molecule has 0 aromatic carbocycles. The van der Waals surface area contributed by atoms with Crippen LogP contribution in [0.3, 0.4) is 0 Å². The van der Waals surface area contributed by atoms with Crippen LogP contribution in [0.15, 0.2) is 12.1 Å². The number of rotatable bonds is 5. The van der Waals surface area contributed by atoms with E-state index in [0.717, 1.165) is 23.7 Å². The Kier molecular flexibility index (Phi) is 2.80. The third-order valence-electron chi connectivity index (χ3n) is 5.43. The largest absolute Gasteiger partial charge is 0.370 e. The molecule has 2 bridgehead atoms. The van der Waals surface area contributed by atoms with Gasteiger partial charge in [-0.15, -0.1) is 0 Å². The van der Waals surface area contributed by atoms with E-state index in [0.29, 0.717) is 24.2 Å². The highest BCUT2D eigenvalue weighted by Crippen LogP contribution is 2.66. The van der Waals surface area contributed by atoms with Crippen molar-refractivity contribution < 1.29 is 4.92 Å². The standard InChI is InChI=1S/C15H20N4O2/c1-2-16-11-6-10(19(20)21)7-12(17-11)18-15-13-8-3-4-9(5-8)14(13)15/h6-9,13-15H,2-5H2,1H3,(H2,16,17,18). The molecule has 3 aliphatic rings. The van der Waals surface area contributed by atoms with Crippen molar-refractivity contribution in [2.24, 2.45) is 23.7 Å². The summed E-state index contributed by atoms with van der Waals surface area (Å²) in [6.45, 7) is 2.66. The second kappa shape index (κ2) is 4.58. The normalized spacial score (nSPS) is 35.4. The van der Waals surface area contributed by atoms with Crippen molar-refractivity contribution in [3.63, 3.8) is 0 Å². The smallest absolute Gasteiger partial charge is 0.276 e. The summed E-state index contributed by atoms with van der Waals surface area (Å²) < 4.78 is 0. The third kappa shape index (κ3) is 2.04. The van der Waals surface area contributed by atoms with Gasteiger partial charge in [0.2, 0.25) is 0 Å². The molecule has 3 saturated carbocycles. The van der Waals surface area contributed by atoms with Crippen LogP contribution >= 0.6 is 0 Å². The molecule has 3 fully saturated rings. The van der Waals surface area contributed by atoms with E-state index in [-0.39, 0.29) is 10.6 Å². The maximum absolute atomic E-state index is 11.0. The van der Waals surface area contributed by atoms with Crippen molar-refractivity contribution in [2.75, 3.05) is 17.2 Å². The van der Waals surface area contributed by atoms with Crippen LogP contribution in [0.2, 0.25) is 0 Å². The summed E-state index contributed by atoms with van der Waals surface area (Å²) in [6, 6.07) is 3.53. The molecule has 0 radical (unpaired) electrons. The summed E-state index contributed by atoms with van der Waals surface area (Å²) in [7, 11) is 0. The molecular formula is C15H20N4O2. The molecule has 112 valence electrons. The Hall–Kier alpha value is -1.85. The van der Waals surface area contributed by atoms with Crippen LogP contribution in [0, 0.1) is 33.8 Å². The maximum atomic E-state index is 11.0. The minimum atomic E-state index is -0.356. The van der Waals surface area contributed by atoms with E-state index in [9.17, 15) is 10.1 Å². The first kappa shape index (κ1) is 12.9. The zero-order valence-electron chi connectivity index (χ0n) is 12.1. The molecule has 21 heavy (non-hydrogen) atoms. The number of aromatic nitrogens is 1. The van der Waals surface area contributed by atoms with Crippen LogP contribution in [-0.4, -0.2) is 22.5 Å². The van der Waals surface area contributed by atoms with E-state index in [4.69, 9.17) is 0 Å². The van der Waals surface area contributed by atoms with Crippen molar-refractivity contribution in [2.45, 2.75) is 32.2 Å². The number of nitrogens with one attached hydrogen (secondary N) is 2. The fourth-order valence-corrected chi connectivity index (χ4v) is 4.66. The molecule has 4 rings (SSSR count). The van der Waals surface area contributed by atoms with Crippen molar-refractivity contribution >= 4 is 17.3 Å². The Bertz CT molecular complexity index is 575. The van der Waals surface area contributed by atoms with E-state index >= 15 is 0 Å². The number of hydrogen-bond acceptors (Lipinski definition) is 5. The number of nitro groups is 1. The molecular weight excluding hydrogens is 268 g/mol. The number of pyridine rings is 1. The van der Waals surface area contributed by atoms with E-state index in [1.165, 1.54) is 25.3 Å². The molecule has 4 unspecified atom stereocenters. The molecule has 1 aromatic rings. The lowest BCUT2D eigenvalue weighted by Gasteiger charge is -2.12. The highest BCUT2D eigenvalue weighted by Gasteiger charge is 2.65. The molecule has 0 amide bonds. The van der Waals surface area contributed by atoms with Crippen LogP contribution in [0.5, 0.6) is 0 Å². The quantitative estimate of drug-likeness (QED) is 0.643. The number of anilines is 2. The molecule has 4 atom stereocenters. The Morgan fingerprint density at radius 3 is 2.57 bits per heavy atom. The minimum Gasteiger partial charge on any atom is -0.370 e. The van der Waals surface area contributed by atoms with Gasteiger partial charge in [0.1, 0.15) is 11.6 Å². The molecule has 0 saturated heterocycles. The van der Waals surface area contributed by atoms with Gasteiger partial charge in [-0.3, -0.25) is 10.1 Å². The minimum absolute atomic E-state index is 0.0947. The van der Waals surface area contributed by atoms with Crippen LogP contribution in [0.4, 0.5) is 17.3 Å². The summed E-state index contributed by atoms with van der Waals surface area (Å²) in [5.41, 5.74) is 0.0947. The van der Waals surface area contributed by atoms with Gasteiger partial charge in [0.15, 0.2) is 0 Å². The average Bonchev–Trinajstić information content (AvgIpc) is 2.84. The molecule has 1 aromatic heterocycles.